The third kappa shape index (κ3) is 4.59. The Balaban J connectivity index is 2.06. The van der Waals surface area contributed by atoms with Crippen LogP contribution >= 0.6 is 0 Å². The normalized spacial score (nSPS) is 20.0. The molecule has 0 saturated heterocycles. The van der Waals surface area contributed by atoms with Gasteiger partial charge in [0.2, 0.25) is 0 Å². The molecule has 0 bridgehead atoms. The second kappa shape index (κ2) is 7.42. The van der Waals surface area contributed by atoms with Gasteiger partial charge in [-0.15, -0.1) is 0 Å². The molecule has 0 aromatic heterocycles. The summed E-state index contributed by atoms with van der Waals surface area (Å²) in [6, 6.07) is 1.35. The van der Waals surface area contributed by atoms with Crippen LogP contribution in [0.3, 0.4) is 0 Å². The molecule has 1 aromatic rings. The van der Waals surface area contributed by atoms with E-state index in [1.807, 2.05) is 6.92 Å². The van der Waals surface area contributed by atoms with Gasteiger partial charge in [-0.3, -0.25) is 0 Å². The number of halogens is 6. The molecule has 0 amide bonds. The molecule has 0 unspecified atom stereocenters. The van der Waals surface area contributed by atoms with Crippen molar-refractivity contribution in [2.75, 3.05) is 0 Å². The number of hydrogen-bond donors (Lipinski definition) is 0. The van der Waals surface area contributed by atoms with Crippen molar-refractivity contribution in [1.82, 2.24) is 0 Å². The molecule has 0 N–H and O–H groups in total. The molecule has 0 atom stereocenters. The molecule has 1 saturated carbocycles. The molecule has 31 heavy (non-hydrogen) atoms. The first-order chi connectivity index (χ1) is 14.0. The molecule has 1 spiro atoms. The van der Waals surface area contributed by atoms with E-state index in [4.69, 9.17) is 0 Å². The minimum Gasteiger partial charge on any atom is -0.376 e. The zero-order valence-corrected chi connectivity index (χ0v) is 17.6. The second-order valence-corrected chi connectivity index (χ2v) is 11.1. The van der Waals surface area contributed by atoms with Crippen molar-refractivity contribution in [3.8, 4) is 11.5 Å². The van der Waals surface area contributed by atoms with Gasteiger partial charge in [-0.25, -0.2) is 0 Å². The van der Waals surface area contributed by atoms with Gasteiger partial charge in [-0.05, 0) is 49.1 Å². The largest absolute Gasteiger partial charge is 0.534 e. The molecule has 0 aliphatic heterocycles. The highest BCUT2D eigenvalue weighted by atomic mass is 32.2. The Bertz CT molecular complexity index is 991. The zero-order chi connectivity index (χ0) is 23.5. The lowest BCUT2D eigenvalue weighted by Crippen LogP contribution is -2.29. The summed E-state index contributed by atoms with van der Waals surface area (Å²) in [5, 5.41) is 0. The van der Waals surface area contributed by atoms with E-state index in [1.165, 1.54) is 0 Å². The Hall–Kier alpha value is -1.70. The van der Waals surface area contributed by atoms with Gasteiger partial charge in [-0.2, -0.15) is 43.2 Å². The van der Waals surface area contributed by atoms with Crippen LogP contribution in [-0.2, 0) is 33.1 Å². The molecule has 2 aliphatic rings. The minimum absolute atomic E-state index is 0.0288. The first kappa shape index (κ1) is 24.0. The predicted molar refractivity (Wildman–Crippen MR) is 95.1 cm³/mol. The van der Waals surface area contributed by atoms with Crippen LogP contribution in [0.1, 0.15) is 43.7 Å². The lowest BCUT2D eigenvalue weighted by Gasteiger charge is -2.36. The van der Waals surface area contributed by atoms with E-state index >= 15 is 0 Å². The minimum atomic E-state index is -6.03. The summed E-state index contributed by atoms with van der Waals surface area (Å²) in [6.07, 6.45) is 2.73. The highest BCUT2D eigenvalue weighted by Crippen LogP contribution is 2.53. The third-order valence-electron chi connectivity index (χ3n) is 5.75. The Morgan fingerprint density at radius 1 is 0.806 bits per heavy atom. The highest BCUT2D eigenvalue weighted by molar-refractivity contribution is 7.88. The van der Waals surface area contributed by atoms with Crippen LogP contribution in [0.4, 0.5) is 26.3 Å². The van der Waals surface area contributed by atoms with Crippen LogP contribution in [-0.4, -0.2) is 27.9 Å². The summed E-state index contributed by atoms with van der Waals surface area (Å²) in [5.74, 6) is -1.05. The maximum Gasteiger partial charge on any atom is 0.534 e. The van der Waals surface area contributed by atoms with Gasteiger partial charge in [0.25, 0.3) is 0 Å². The van der Waals surface area contributed by atoms with E-state index in [0.717, 1.165) is 12.8 Å². The Kier molecular flexibility index (Phi) is 5.74. The van der Waals surface area contributed by atoms with Gasteiger partial charge in [-0.1, -0.05) is 19.8 Å². The lowest BCUT2D eigenvalue weighted by atomic mass is 9.69. The topological polar surface area (TPSA) is 86.7 Å². The molecule has 176 valence electrons. The lowest BCUT2D eigenvalue weighted by molar-refractivity contribution is -0.0506. The monoisotopic (exact) mass is 496 g/mol. The van der Waals surface area contributed by atoms with Crippen molar-refractivity contribution in [2.24, 2.45) is 11.3 Å². The SMILES string of the molecule is CC1CCC2(CC1)Cc1c(OS(=O)(=O)C(F)(F)F)ccc(OS(=O)(=O)C(F)(F)F)c1C2. The summed E-state index contributed by atoms with van der Waals surface area (Å²) in [4.78, 5) is 0. The fourth-order valence-corrected chi connectivity index (χ4v) is 5.04. The van der Waals surface area contributed by atoms with Crippen molar-refractivity contribution in [3.63, 3.8) is 0 Å². The summed E-state index contributed by atoms with van der Waals surface area (Å²) < 4.78 is 131. The predicted octanol–water partition coefficient (Wildman–Crippen LogP) is 4.44. The van der Waals surface area contributed by atoms with Crippen LogP contribution < -0.4 is 8.37 Å². The van der Waals surface area contributed by atoms with Crippen molar-refractivity contribution in [1.29, 1.82) is 0 Å². The summed E-state index contributed by atoms with van der Waals surface area (Å²) >= 11 is 0. The van der Waals surface area contributed by atoms with Crippen LogP contribution in [0.2, 0.25) is 0 Å². The average molecular weight is 496 g/mol. The van der Waals surface area contributed by atoms with Crippen LogP contribution in [0.25, 0.3) is 0 Å². The Morgan fingerprint density at radius 2 is 1.16 bits per heavy atom. The summed E-state index contributed by atoms with van der Waals surface area (Å²) in [5.41, 5.74) is -12.2. The van der Waals surface area contributed by atoms with Crippen LogP contribution in [0.5, 0.6) is 11.5 Å². The van der Waals surface area contributed by atoms with Gasteiger partial charge in [0.05, 0.1) is 0 Å². The third-order valence-corrected chi connectivity index (χ3v) is 7.68. The van der Waals surface area contributed by atoms with E-state index in [0.29, 0.717) is 30.9 Å². The van der Waals surface area contributed by atoms with Gasteiger partial charge in [0, 0.05) is 11.1 Å². The number of benzene rings is 1. The van der Waals surface area contributed by atoms with E-state index in [9.17, 15) is 43.2 Å². The maximum atomic E-state index is 12.8. The fraction of sp³-hybridized carbons (Fsp3) is 0.647. The van der Waals surface area contributed by atoms with Crippen molar-refractivity contribution in [2.45, 2.75) is 56.5 Å². The fourth-order valence-electron chi connectivity index (χ4n) is 4.07. The zero-order valence-electron chi connectivity index (χ0n) is 16.0. The maximum absolute atomic E-state index is 12.8. The molecule has 6 nitrogen and oxygen atoms in total. The molecule has 1 aromatic carbocycles. The molecule has 1 fully saturated rings. The molecule has 2 aliphatic carbocycles. The number of alkyl halides is 6. The van der Waals surface area contributed by atoms with Crippen LogP contribution in [0, 0.1) is 11.3 Å². The second-order valence-electron chi connectivity index (χ2n) is 8.02. The van der Waals surface area contributed by atoms with Gasteiger partial charge in [0.15, 0.2) is 0 Å². The number of hydrogen-bond acceptors (Lipinski definition) is 6. The molecule has 0 heterocycles. The van der Waals surface area contributed by atoms with Crippen molar-refractivity contribution >= 4 is 20.2 Å². The first-order valence-corrected chi connectivity index (χ1v) is 11.9. The summed E-state index contributed by atoms with van der Waals surface area (Å²) in [6.45, 7) is 2.00. The Labute approximate surface area is 174 Å². The van der Waals surface area contributed by atoms with Crippen molar-refractivity contribution in [3.05, 3.63) is 23.3 Å². The van der Waals surface area contributed by atoms with Gasteiger partial charge < -0.3 is 8.37 Å². The standard InChI is InChI=1S/C17H18F6O6S2/c1-10-4-6-15(7-5-10)8-11-12(9-15)14(29-31(26,27)17(21,22)23)3-2-13(11)28-30(24,25)16(18,19)20/h2-3,10H,4-9H2,1H3. The molecule has 0 radical (unpaired) electrons. The van der Waals surface area contributed by atoms with E-state index in [-0.39, 0.29) is 24.0 Å². The molecule has 3 rings (SSSR count). The molecule has 14 heteroatoms. The molecular formula is C17H18F6O6S2. The number of fused-ring (bicyclic) bond motifs is 1. The quantitative estimate of drug-likeness (QED) is 0.348. The molecular weight excluding hydrogens is 478 g/mol. The average Bonchev–Trinajstić information content (AvgIpc) is 2.98. The highest BCUT2D eigenvalue weighted by Gasteiger charge is 2.51. The van der Waals surface area contributed by atoms with Gasteiger partial charge >= 0.3 is 31.3 Å². The summed E-state index contributed by atoms with van der Waals surface area (Å²) in [7, 11) is -12.1. The number of rotatable bonds is 4. The van der Waals surface area contributed by atoms with Crippen molar-refractivity contribution < 1.29 is 51.5 Å². The van der Waals surface area contributed by atoms with E-state index in [1.54, 1.807) is 0 Å². The van der Waals surface area contributed by atoms with Gasteiger partial charge in [0.1, 0.15) is 11.5 Å². The Morgan fingerprint density at radius 3 is 1.48 bits per heavy atom. The van der Waals surface area contributed by atoms with E-state index < -0.39 is 48.2 Å². The van der Waals surface area contributed by atoms with E-state index in [2.05, 4.69) is 8.37 Å². The van der Waals surface area contributed by atoms with Crippen LogP contribution in [0.15, 0.2) is 12.1 Å². The smallest absolute Gasteiger partial charge is 0.376 e. The first-order valence-electron chi connectivity index (χ1n) is 9.13.